The third-order valence-electron chi connectivity index (χ3n) is 6.53. The van der Waals surface area contributed by atoms with Crippen molar-refractivity contribution in [2.24, 2.45) is 5.41 Å². The summed E-state index contributed by atoms with van der Waals surface area (Å²) in [5.74, 6) is 0.815. The number of phenols is 2. The van der Waals surface area contributed by atoms with Gasteiger partial charge in [0.1, 0.15) is 11.5 Å². The van der Waals surface area contributed by atoms with Crippen LogP contribution in [0.2, 0.25) is 0 Å². The van der Waals surface area contributed by atoms with Gasteiger partial charge in [0.05, 0.1) is 0 Å². The number of aromatic hydroxyl groups is 2. The number of benzene rings is 2. The smallest absolute Gasteiger partial charge is 0.122 e. The molecule has 3 rings (SSSR count). The second-order valence-electron chi connectivity index (χ2n) is 8.79. The maximum absolute atomic E-state index is 11.0. The fraction of sp³-hybridized carbons (Fsp3) is 0.520. The van der Waals surface area contributed by atoms with Gasteiger partial charge in [0, 0.05) is 17.0 Å². The molecule has 0 radical (unpaired) electrons. The first-order chi connectivity index (χ1) is 12.8. The van der Waals surface area contributed by atoms with Gasteiger partial charge in [-0.15, -0.1) is 0 Å². The monoisotopic (exact) mass is 366 g/mol. The van der Waals surface area contributed by atoms with Crippen LogP contribution in [0.5, 0.6) is 11.5 Å². The van der Waals surface area contributed by atoms with Gasteiger partial charge >= 0.3 is 0 Å². The molecule has 2 nitrogen and oxygen atoms in total. The highest BCUT2D eigenvalue weighted by atomic mass is 16.3. The second kappa shape index (κ2) is 7.58. The third-order valence-corrected chi connectivity index (χ3v) is 6.53. The lowest BCUT2D eigenvalue weighted by Crippen LogP contribution is -2.27. The van der Waals surface area contributed by atoms with E-state index in [-0.39, 0.29) is 11.3 Å². The molecule has 0 amide bonds. The molecule has 0 bridgehead atoms. The Labute approximate surface area is 164 Å². The molecule has 0 aliphatic heterocycles. The van der Waals surface area contributed by atoms with Crippen LogP contribution in [-0.4, -0.2) is 10.2 Å². The minimum atomic E-state index is 0.0251. The Morgan fingerprint density at radius 1 is 0.815 bits per heavy atom. The van der Waals surface area contributed by atoms with E-state index >= 15 is 0 Å². The van der Waals surface area contributed by atoms with Gasteiger partial charge in [-0.2, -0.15) is 0 Å². The van der Waals surface area contributed by atoms with Gasteiger partial charge in [0.25, 0.3) is 0 Å². The van der Waals surface area contributed by atoms with Crippen LogP contribution in [0.25, 0.3) is 0 Å². The van der Waals surface area contributed by atoms with Crippen LogP contribution in [0.3, 0.4) is 0 Å². The molecule has 0 spiro atoms. The Morgan fingerprint density at radius 2 is 1.26 bits per heavy atom. The first kappa shape index (κ1) is 19.8. The molecule has 1 aliphatic rings. The molecular formula is C25H34O2. The zero-order valence-corrected chi connectivity index (χ0v) is 17.5. The largest absolute Gasteiger partial charge is 0.507 e. The Kier molecular flexibility index (Phi) is 5.55. The predicted molar refractivity (Wildman–Crippen MR) is 113 cm³/mol. The quantitative estimate of drug-likeness (QED) is 0.609. The number of phenolic OH excluding ortho intramolecular Hbond substituents is 2. The minimum Gasteiger partial charge on any atom is -0.507 e. The first-order valence-corrected chi connectivity index (χ1v) is 10.4. The van der Waals surface area contributed by atoms with E-state index in [2.05, 4.69) is 32.9 Å². The van der Waals surface area contributed by atoms with Gasteiger partial charge in [0.15, 0.2) is 0 Å². The SMILES string of the molecule is CCCC1(C(c2cc(C)cc(C)c2O)c2cc(C)cc(C)c2O)CCCC1. The summed E-state index contributed by atoms with van der Waals surface area (Å²) in [6.45, 7) is 10.4. The van der Waals surface area contributed by atoms with E-state index in [1.54, 1.807) is 0 Å². The molecule has 2 aromatic carbocycles. The van der Waals surface area contributed by atoms with Crippen LogP contribution in [0, 0.1) is 33.1 Å². The topological polar surface area (TPSA) is 40.5 Å². The average molecular weight is 367 g/mol. The van der Waals surface area contributed by atoms with Crippen LogP contribution in [0.1, 0.15) is 84.7 Å². The summed E-state index contributed by atoms with van der Waals surface area (Å²) < 4.78 is 0. The van der Waals surface area contributed by atoms with Gasteiger partial charge < -0.3 is 10.2 Å². The molecular weight excluding hydrogens is 332 g/mol. The zero-order chi connectivity index (χ0) is 19.8. The highest BCUT2D eigenvalue weighted by Gasteiger charge is 2.44. The van der Waals surface area contributed by atoms with E-state index < -0.39 is 0 Å². The maximum atomic E-state index is 11.0. The van der Waals surface area contributed by atoms with Crippen LogP contribution in [-0.2, 0) is 0 Å². The van der Waals surface area contributed by atoms with Gasteiger partial charge in [-0.05, 0) is 63.5 Å². The number of hydrogen-bond donors (Lipinski definition) is 2. The van der Waals surface area contributed by atoms with E-state index in [0.717, 1.165) is 47.9 Å². The molecule has 1 saturated carbocycles. The van der Waals surface area contributed by atoms with Crippen molar-refractivity contribution < 1.29 is 10.2 Å². The first-order valence-electron chi connectivity index (χ1n) is 10.4. The van der Waals surface area contributed by atoms with Gasteiger partial charge in [-0.1, -0.05) is 61.6 Å². The van der Waals surface area contributed by atoms with Crippen LogP contribution in [0.4, 0.5) is 0 Å². The molecule has 1 fully saturated rings. The van der Waals surface area contributed by atoms with E-state index in [4.69, 9.17) is 0 Å². The molecule has 0 aromatic heterocycles. The van der Waals surface area contributed by atoms with E-state index in [1.165, 1.54) is 24.0 Å². The second-order valence-corrected chi connectivity index (χ2v) is 8.79. The number of rotatable bonds is 5. The summed E-state index contributed by atoms with van der Waals surface area (Å²) in [7, 11) is 0. The number of aryl methyl sites for hydroxylation is 4. The molecule has 146 valence electrons. The average Bonchev–Trinajstić information content (AvgIpc) is 3.06. The summed E-state index contributed by atoms with van der Waals surface area (Å²) in [5, 5.41) is 22.1. The molecule has 2 heteroatoms. The molecule has 27 heavy (non-hydrogen) atoms. The molecule has 1 aliphatic carbocycles. The summed E-state index contributed by atoms with van der Waals surface area (Å²) in [5.41, 5.74) is 6.25. The summed E-state index contributed by atoms with van der Waals surface area (Å²) in [6, 6.07) is 8.36. The standard InChI is InChI=1S/C25H34O2/c1-6-9-25(10-7-8-11-25)22(20-14-16(2)12-18(4)23(20)26)21-15-17(3)13-19(5)24(21)27/h12-15,22,26-27H,6-11H2,1-5H3. The lowest BCUT2D eigenvalue weighted by atomic mass is 9.64. The Balaban J connectivity index is 2.32. The fourth-order valence-electron chi connectivity index (χ4n) is 5.51. The van der Waals surface area contributed by atoms with Gasteiger partial charge in [-0.25, -0.2) is 0 Å². The van der Waals surface area contributed by atoms with E-state index in [0.29, 0.717) is 11.5 Å². The lowest BCUT2D eigenvalue weighted by molar-refractivity contribution is 0.224. The lowest BCUT2D eigenvalue weighted by Gasteiger charge is -2.40. The van der Waals surface area contributed by atoms with Gasteiger partial charge in [-0.3, -0.25) is 0 Å². The van der Waals surface area contributed by atoms with Crippen molar-refractivity contribution in [2.75, 3.05) is 0 Å². The van der Waals surface area contributed by atoms with Crippen molar-refractivity contribution in [2.45, 2.75) is 79.1 Å². The number of hydrogen-bond acceptors (Lipinski definition) is 2. The maximum Gasteiger partial charge on any atom is 0.122 e. The normalized spacial score (nSPS) is 16.2. The predicted octanol–water partition coefficient (Wildman–Crippen LogP) is 6.82. The van der Waals surface area contributed by atoms with Crippen molar-refractivity contribution in [3.8, 4) is 11.5 Å². The molecule has 2 N–H and O–H groups in total. The summed E-state index contributed by atoms with van der Waals surface area (Å²) >= 11 is 0. The Bertz CT molecular complexity index is 771. The minimum absolute atomic E-state index is 0.0251. The van der Waals surface area contributed by atoms with Crippen molar-refractivity contribution in [1.82, 2.24) is 0 Å². The molecule has 0 atom stereocenters. The van der Waals surface area contributed by atoms with Crippen LogP contribution >= 0.6 is 0 Å². The van der Waals surface area contributed by atoms with Crippen molar-refractivity contribution in [3.63, 3.8) is 0 Å². The van der Waals surface area contributed by atoms with Crippen molar-refractivity contribution in [1.29, 1.82) is 0 Å². The Morgan fingerprint density at radius 3 is 1.67 bits per heavy atom. The Hall–Kier alpha value is -1.96. The third kappa shape index (κ3) is 3.59. The molecule has 0 unspecified atom stereocenters. The van der Waals surface area contributed by atoms with E-state index in [1.807, 2.05) is 26.0 Å². The zero-order valence-electron chi connectivity index (χ0n) is 17.5. The fourth-order valence-corrected chi connectivity index (χ4v) is 5.51. The molecule has 0 heterocycles. The highest BCUT2D eigenvalue weighted by Crippen LogP contribution is 2.58. The highest BCUT2D eigenvalue weighted by molar-refractivity contribution is 5.54. The van der Waals surface area contributed by atoms with Crippen LogP contribution in [0.15, 0.2) is 24.3 Å². The molecule has 2 aromatic rings. The van der Waals surface area contributed by atoms with Crippen molar-refractivity contribution >= 4 is 0 Å². The summed E-state index contributed by atoms with van der Waals surface area (Å²) in [4.78, 5) is 0. The van der Waals surface area contributed by atoms with Gasteiger partial charge in [0.2, 0.25) is 0 Å². The molecule has 0 saturated heterocycles. The van der Waals surface area contributed by atoms with E-state index in [9.17, 15) is 10.2 Å². The van der Waals surface area contributed by atoms with Crippen LogP contribution < -0.4 is 0 Å². The van der Waals surface area contributed by atoms with Crippen molar-refractivity contribution in [3.05, 3.63) is 57.6 Å². The summed E-state index contributed by atoms with van der Waals surface area (Å²) in [6.07, 6.45) is 7.01.